The predicted molar refractivity (Wildman–Crippen MR) is 125 cm³/mol. The third-order valence-electron chi connectivity index (χ3n) is 5.19. The van der Waals surface area contributed by atoms with Gasteiger partial charge < -0.3 is 10.2 Å². The Labute approximate surface area is 185 Å². The average Bonchev–Trinajstić information content (AvgIpc) is 2.75. The molecular formula is C25H34N2O2S. The Hall–Kier alpha value is -2.27. The lowest BCUT2D eigenvalue weighted by Crippen LogP contribution is -2.50. The van der Waals surface area contributed by atoms with Gasteiger partial charge in [-0.3, -0.25) is 9.59 Å². The number of hydrogen-bond donors (Lipinski definition) is 1. The molecule has 0 radical (unpaired) electrons. The molecule has 0 saturated heterocycles. The molecule has 2 aromatic carbocycles. The van der Waals surface area contributed by atoms with Gasteiger partial charge in [0.1, 0.15) is 6.04 Å². The first-order valence-corrected chi connectivity index (χ1v) is 11.8. The molecule has 0 heterocycles. The maximum absolute atomic E-state index is 13.2. The largest absolute Gasteiger partial charge is 0.352 e. The van der Waals surface area contributed by atoms with Gasteiger partial charge in [0.05, 0.1) is 0 Å². The van der Waals surface area contributed by atoms with Crippen LogP contribution in [0.15, 0.2) is 59.5 Å². The van der Waals surface area contributed by atoms with Crippen LogP contribution in [0.4, 0.5) is 0 Å². The van der Waals surface area contributed by atoms with Gasteiger partial charge in [-0.05, 0) is 44.4 Å². The first kappa shape index (κ1) is 24.0. The molecule has 1 N–H and O–H groups in total. The number of thioether (sulfide) groups is 1. The van der Waals surface area contributed by atoms with Gasteiger partial charge in [0.15, 0.2) is 0 Å². The lowest BCUT2D eigenvalue weighted by Gasteiger charge is -2.31. The van der Waals surface area contributed by atoms with Crippen LogP contribution in [0.25, 0.3) is 0 Å². The van der Waals surface area contributed by atoms with Crippen molar-refractivity contribution in [1.29, 1.82) is 0 Å². The van der Waals surface area contributed by atoms with Crippen molar-refractivity contribution in [2.24, 2.45) is 0 Å². The molecule has 162 valence electrons. The van der Waals surface area contributed by atoms with E-state index >= 15 is 0 Å². The van der Waals surface area contributed by atoms with E-state index in [1.165, 1.54) is 5.56 Å². The van der Waals surface area contributed by atoms with Gasteiger partial charge in [-0.15, -0.1) is 11.8 Å². The molecule has 0 saturated carbocycles. The van der Waals surface area contributed by atoms with E-state index in [1.54, 1.807) is 16.7 Å². The molecule has 4 nitrogen and oxygen atoms in total. The standard InChI is InChI=1S/C25H34N2O2S/c1-5-20(4)26-25(29)23(6-2)27(18-21-14-12-19(3)13-15-21)24(28)16-17-30-22-10-8-7-9-11-22/h7-15,20,23H,5-6,16-18H2,1-4H3,(H,26,29)/t20-,23+/m0/s1. The number of nitrogens with zero attached hydrogens (tertiary/aromatic N) is 1. The van der Waals surface area contributed by atoms with E-state index in [2.05, 4.69) is 5.32 Å². The van der Waals surface area contributed by atoms with Crippen LogP contribution < -0.4 is 5.32 Å². The summed E-state index contributed by atoms with van der Waals surface area (Å²) in [6, 6.07) is 17.9. The van der Waals surface area contributed by atoms with Crippen molar-refractivity contribution in [3.05, 3.63) is 65.7 Å². The second-order valence-corrected chi connectivity index (χ2v) is 8.83. The minimum atomic E-state index is -0.463. The number of carbonyl (C=O) groups is 2. The number of nitrogens with one attached hydrogen (secondary N) is 1. The molecule has 0 fully saturated rings. The summed E-state index contributed by atoms with van der Waals surface area (Å²) in [6.07, 6.45) is 1.85. The first-order chi connectivity index (χ1) is 14.4. The molecule has 5 heteroatoms. The van der Waals surface area contributed by atoms with Gasteiger partial charge in [-0.1, -0.05) is 61.9 Å². The molecule has 2 aromatic rings. The first-order valence-electron chi connectivity index (χ1n) is 10.8. The van der Waals surface area contributed by atoms with Crippen molar-refractivity contribution in [3.8, 4) is 0 Å². The van der Waals surface area contributed by atoms with E-state index in [0.717, 1.165) is 16.9 Å². The summed E-state index contributed by atoms with van der Waals surface area (Å²) in [7, 11) is 0. The molecule has 0 unspecified atom stereocenters. The summed E-state index contributed by atoms with van der Waals surface area (Å²) >= 11 is 1.67. The third-order valence-corrected chi connectivity index (χ3v) is 6.20. The molecule has 0 bridgehead atoms. The molecule has 0 aliphatic heterocycles. The van der Waals surface area contributed by atoms with Crippen molar-refractivity contribution >= 4 is 23.6 Å². The van der Waals surface area contributed by atoms with Crippen LogP contribution in [0.2, 0.25) is 0 Å². The van der Waals surface area contributed by atoms with E-state index in [0.29, 0.717) is 25.1 Å². The number of amides is 2. The number of carbonyl (C=O) groups excluding carboxylic acids is 2. The SMILES string of the molecule is CC[C@H](C(=O)N[C@@H](C)CC)N(Cc1ccc(C)cc1)C(=O)CCSc1ccccc1. The van der Waals surface area contributed by atoms with Gasteiger partial charge >= 0.3 is 0 Å². The number of aryl methyl sites for hydroxylation is 1. The van der Waals surface area contributed by atoms with E-state index in [9.17, 15) is 9.59 Å². The summed E-state index contributed by atoms with van der Waals surface area (Å²) in [6.45, 7) is 8.49. The number of hydrogen-bond acceptors (Lipinski definition) is 3. The van der Waals surface area contributed by atoms with Crippen molar-refractivity contribution in [2.75, 3.05) is 5.75 Å². The smallest absolute Gasteiger partial charge is 0.243 e. The summed E-state index contributed by atoms with van der Waals surface area (Å²) < 4.78 is 0. The fourth-order valence-electron chi connectivity index (χ4n) is 3.17. The van der Waals surface area contributed by atoms with Gasteiger partial charge in [0, 0.05) is 29.7 Å². The summed E-state index contributed by atoms with van der Waals surface area (Å²) in [5.41, 5.74) is 2.22. The lowest BCUT2D eigenvalue weighted by atomic mass is 10.1. The maximum atomic E-state index is 13.2. The molecule has 30 heavy (non-hydrogen) atoms. The van der Waals surface area contributed by atoms with Crippen molar-refractivity contribution < 1.29 is 9.59 Å². The normalized spacial score (nSPS) is 12.8. The Kier molecular flexibility index (Phi) is 9.95. The number of benzene rings is 2. The predicted octanol–water partition coefficient (Wildman–Crippen LogP) is 5.20. The summed E-state index contributed by atoms with van der Waals surface area (Å²) in [5.74, 6) is 0.643. The second kappa shape index (κ2) is 12.4. The Morgan fingerprint density at radius 3 is 2.27 bits per heavy atom. The maximum Gasteiger partial charge on any atom is 0.243 e. The van der Waals surface area contributed by atoms with Crippen LogP contribution in [-0.2, 0) is 16.1 Å². The lowest BCUT2D eigenvalue weighted by molar-refractivity contribution is -0.141. The molecule has 0 aromatic heterocycles. The third kappa shape index (κ3) is 7.52. The molecule has 0 aliphatic carbocycles. The summed E-state index contributed by atoms with van der Waals surface area (Å²) in [4.78, 5) is 29.0. The van der Waals surface area contributed by atoms with E-state index in [-0.39, 0.29) is 17.9 Å². The van der Waals surface area contributed by atoms with Crippen LogP contribution in [0.1, 0.15) is 51.2 Å². The zero-order valence-electron chi connectivity index (χ0n) is 18.6. The average molecular weight is 427 g/mol. The zero-order chi connectivity index (χ0) is 21.9. The van der Waals surface area contributed by atoms with E-state index in [1.807, 2.05) is 82.3 Å². The van der Waals surface area contributed by atoms with Crippen LogP contribution in [0.5, 0.6) is 0 Å². The molecule has 0 aliphatic rings. The highest BCUT2D eigenvalue weighted by molar-refractivity contribution is 7.99. The van der Waals surface area contributed by atoms with Crippen molar-refractivity contribution in [3.63, 3.8) is 0 Å². The van der Waals surface area contributed by atoms with Crippen molar-refractivity contribution in [1.82, 2.24) is 10.2 Å². The Morgan fingerprint density at radius 1 is 1.00 bits per heavy atom. The Balaban J connectivity index is 2.12. The molecule has 2 amide bonds. The number of rotatable bonds is 11. The highest BCUT2D eigenvalue weighted by atomic mass is 32.2. The van der Waals surface area contributed by atoms with Gasteiger partial charge in [0.2, 0.25) is 11.8 Å². The van der Waals surface area contributed by atoms with Gasteiger partial charge in [0.25, 0.3) is 0 Å². The zero-order valence-corrected chi connectivity index (χ0v) is 19.4. The minimum absolute atomic E-state index is 0.0187. The Bertz CT molecular complexity index is 793. The fraction of sp³-hybridized carbons (Fsp3) is 0.440. The minimum Gasteiger partial charge on any atom is -0.352 e. The summed E-state index contributed by atoms with van der Waals surface area (Å²) in [5, 5.41) is 3.05. The highest BCUT2D eigenvalue weighted by Gasteiger charge is 2.28. The Morgan fingerprint density at radius 2 is 1.67 bits per heavy atom. The fourth-order valence-corrected chi connectivity index (χ4v) is 4.03. The van der Waals surface area contributed by atoms with E-state index in [4.69, 9.17) is 0 Å². The quantitative estimate of drug-likeness (QED) is 0.503. The van der Waals surface area contributed by atoms with Crippen LogP contribution >= 0.6 is 11.8 Å². The van der Waals surface area contributed by atoms with E-state index < -0.39 is 6.04 Å². The molecular weight excluding hydrogens is 392 g/mol. The molecule has 2 atom stereocenters. The van der Waals surface area contributed by atoms with Crippen LogP contribution in [0.3, 0.4) is 0 Å². The van der Waals surface area contributed by atoms with Crippen LogP contribution in [-0.4, -0.2) is 34.6 Å². The molecule has 0 spiro atoms. The second-order valence-electron chi connectivity index (χ2n) is 7.66. The monoisotopic (exact) mass is 426 g/mol. The van der Waals surface area contributed by atoms with Crippen LogP contribution in [0, 0.1) is 6.92 Å². The van der Waals surface area contributed by atoms with Crippen molar-refractivity contribution in [2.45, 2.75) is 70.5 Å². The topological polar surface area (TPSA) is 49.4 Å². The highest BCUT2D eigenvalue weighted by Crippen LogP contribution is 2.20. The molecule has 2 rings (SSSR count). The van der Waals surface area contributed by atoms with Gasteiger partial charge in [-0.25, -0.2) is 0 Å². The van der Waals surface area contributed by atoms with Gasteiger partial charge in [-0.2, -0.15) is 0 Å².